The minimum atomic E-state index is -4.12. The fraction of sp³-hybridized carbons (Fsp3) is 0.500. The molecule has 1 aromatic rings. The maximum Gasteiger partial charge on any atom is 0.393 e. The lowest BCUT2D eigenvalue weighted by Crippen LogP contribution is -2.41. The maximum atomic E-state index is 12.7. The fourth-order valence-electron chi connectivity index (χ4n) is 2.42. The smallest absolute Gasteiger partial charge is 0.393 e. The van der Waals surface area contributed by atoms with Crippen LogP contribution in [-0.2, 0) is 11.3 Å². The summed E-state index contributed by atoms with van der Waals surface area (Å²) in [5, 5.41) is 10.4. The largest absolute Gasteiger partial charge is 0.478 e. The van der Waals surface area contributed by atoms with Crippen LogP contribution in [0.5, 0.6) is 0 Å². The Morgan fingerprint density at radius 1 is 1.52 bits per heavy atom. The van der Waals surface area contributed by atoms with Crippen LogP contribution in [0.3, 0.4) is 0 Å². The molecule has 2 heterocycles. The summed E-state index contributed by atoms with van der Waals surface area (Å²) >= 11 is 1.44. The molecule has 0 bridgehead atoms. The van der Waals surface area contributed by atoms with Gasteiger partial charge in [0.15, 0.2) is 0 Å². The van der Waals surface area contributed by atoms with E-state index in [9.17, 15) is 18.0 Å². The summed E-state index contributed by atoms with van der Waals surface area (Å²) in [4.78, 5) is 13.2. The number of halogens is 3. The number of piperidine rings is 1. The van der Waals surface area contributed by atoms with Gasteiger partial charge in [0.05, 0.1) is 5.92 Å². The van der Waals surface area contributed by atoms with E-state index >= 15 is 0 Å². The van der Waals surface area contributed by atoms with Gasteiger partial charge in [-0.2, -0.15) is 13.2 Å². The molecule has 0 spiro atoms. The van der Waals surface area contributed by atoms with Crippen molar-refractivity contribution in [1.82, 2.24) is 4.90 Å². The summed E-state index contributed by atoms with van der Waals surface area (Å²) < 4.78 is 38.2. The second-order valence-corrected chi connectivity index (χ2v) is 6.13. The number of carboxylic acids is 1. The molecule has 0 radical (unpaired) electrons. The molecule has 0 aliphatic carbocycles. The SMILES string of the molecule is O=C(O)C=Cc1csc(CN2CCCC(C(F)(F)F)C2)c1. The van der Waals surface area contributed by atoms with E-state index in [2.05, 4.69) is 0 Å². The molecule has 1 fully saturated rings. The van der Waals surface area contributed by atoms with E-state index in [1.807, 2.05) is 11.0 Å². The van der Waals surface area contributed by atoms with Gasteiger partial charge in [0.1, 0.15) is 0 Å². The van der Waals surface area contributed by atoms with Crippen molar-refractivity contribution < 1.29 is 23.1 Å². The molecule has 1 aromatic heterocycles. The average Bonchev–Trinajstić information content (AvgIpc) is 2.83. The van der Waals surface area contributed by atoms with Crippen LogP contribution >= 0.6 is 11.3 Å². The molecular formula is C14H16F3NO2S. The highest BCUT2D eigenvalue weighted by molar-refractivity contribution is 7.10. The number of carboxylic acid groups (broad SMARTS) is 1. The Kier molecular flexibility index (Phi) is 5.05. The Hall–Kier alpha value is -1.34. The highest BCUT2D eigenvalue weighted by Crippen LogP contribution is 2.33. The molecular weight excluding hydrogens is 303 g/mol. The summed E-state index contributed by atoms with van der Waals surface area (Å²) in [6, 6.07) is 1.82. The molecule has 116 valence electrons. The molecule has 1 N–H and O–H groups in total. The number of alkyl halides is 3. The van der Waals surface area contributed by atoms with Gasteiger partial charge in [-0.3, -0.25) is 4.90 Å². The molecule has 7 heteroatoms. The van der Waals surface area contributed by atoms with Crippen LogP contribution < -0.4 is 0 Å². The zero-order valence-corrected chi connectivity index (χ0v) is 12.1. The minimum Gasteiger partial charge on any atom is -0.478 e. The number of likely N-dealkylation sites (tertiary alicyclic amines) is 1. The van der Waals surface area contributed by atoms with Crippen molar-refractivity contribution in [2.45, 2.75) is 25.6 Å². The molecule has 1 aliphatic rings. The third kappa shape index (κ3) is 4.86. The summed E-state index contributed by atoms with van der Waals surface area (Å²) in [6.07, 6.45) is -0.828. The van der Waals surface area contributed by atoms with Gasteiger partial charge in [0.2, 0.25) is 0 Å². The molecule has 21 heavy (non-hydrogen) atoms. The molecule has 0 aromatic carbocycles. The Morgan fingerprint density at radius 2 is 2.29 bits per heavy atom. The predicted molar refractivity (Wildman–Crippen MR) is 75.0 cm³/mol. The lowest BCUT2D eigenvalue weighted by atomic mass is 9.97. The molecule has 0 amide bonds. The van der Waals surface area contributed by atoms with Gasteiger partial charge in [-0.25, -0.2) is 4.79 Å². The molecule has 2 rings (SSSR count). The normalized spacial score (nSPS) is 21.0. The van der Waals surface area contributed by atoms with E-state index in [1.165, 1.54) is 17.4 Å². The Morgan fingerprint density at radius 3 is 2.95 bits per heavy atom. The Balaban J connectivity index is 1.94. The third-order valence-electron chi connectivity index (χ3n) is 3.44. The van der Waals surface area contributed by atoms with E-state index in [0.29, 0.717) is 19.5 Å². The zero-order valence-electron chi connectivity index (χ0n) is 11.3. The molecule has 3 nitrogen and oxygen atoms in total. The van der Waals surface area contributed by atoms with Crippen molar-refractivity contribution in [3.63, 3.8) is 0 Å². The molecule has 1 atom stereocenters. The summed E-state index contributed by atoms with van der Waals surface area (Å²) in [6.45, 7) is 1.20. The van der Waals surface area contributed by atoms with Crippen molar-refractivity contribution in [3.05, 3.63) is 28.0 Å². The topological polar surface area (TPSA) is 40.5 Å². The summed E-state index contributed by atoms with van der Waals surface area (Å²) in [5.74, 6) is -2.26. The monoisotopic (exact) mass is 319 g/mol. The molecule has 1 aliphatic heterocycles. The van der Waals surface area contributed by atoms with Gasteiger partial charge in [-0.05, 0) is 42.5 Å². The first kappa shape index (κ1) is 16.0. The first-order chi connectivity index (χ1) is 9.84. The molecule has 0 saturated carbocycles. The maximum absolute atomic E-state index is 12.7. The highest BCUT2D eigenvalue weighted by Gasteiger charge is 2.41. The van der Waals surface area contributed by atoms with Crippen molar-refractivity contribution in [2.24, 2.45) is 5.92 Å². The number of thiophene rings is 1. The minimum absolute atomic E-state index is 0.0434. The van der Waals surface area contributed by atoms with Gasteiger partial charge in [0, 0.05) is 24.0 Å². The molecule has 1 saturated heterocycles. The standard InChI is InChI=1S/C14H16F3NO2S/c15-14(16,17)11-2-1-5-18(7-11)8-12-6-10(9-21-12)3-4-13(19)20/h3-4,6,9,11H,1-2,5,7-8H2,(H,19,20). The van der Waals surface area contributed by atoms with Crippen LogP contribution in [0.2, 0.25) is 0 Å². The van der Waals surface area contributed by atoms with Crippen LogP contribution in [0.4, 0.5) is 13.2 Å². The van der Waals surface area contributed by atoms with Crippen molar-refractivity contribution in [2.75, 3.05) is 13.1 Å². The van der Waals surface area contributed by atoms with E-state index in [1.54, 1.807) is 5.38 Å². The number of nitrogens with zero attached hydrogens (tertiary/aromatic N) is 1. The lowest BCUT2D eigenvalue weighted by Gasteiger charge is -2.33. The van der Waals surface area contributed by atoms with E-state index in [-0.39, 0.29) is 13.0 Å². The van der Waals surface area contributed by atoms with E-state index < -0.39 is 18.1 Å². The Bertz CT molecular complexity index is 525. The van der Waals surface area contributed by atoms with Crippen molar-refractivity contribution in [1.29, 1.82) is 0 Å². The summed E-state index contributed by atoms with van der Waals surface area (Å²) in [5.41, 5.74) is 0.766. The van der Waals surface area contributed by atoms with Gasteiger partial charge >= 0.3 is 12.1 Å². The fourth-order valence-corrected chi connectivity index (χ4v) is 3.32. The van der Waals surface area contributed by atoms with Gasteiger partial charge in [-0.1, -0.05) is 0 Å². The first-order valence-corrected chi connectivity index (χ1v) is 7.50. The van der Waals surface area contributed by atoms with Gasteiger partial charge < -0.3 is 5.11 Å². The summed E-state index contributed by atoms with van der Waals surface area (Å²) in [7, 11) is 0. The second-order valence-electron chi connectivity index (χ2n) is 5.13. The van der Waals surface area contributed by atoms with Crippen LogP contribution in [0.1, 0.15) is 23.3 Å². The predicted octanol–water partition coefficient (Wildman–Crippen LogP) is 3.62. The number of carbonyl (C=O) groups is 1. The quantitative estimate of drug-likeness (QED) is 0.862. The second kappa shape index (κ2) is 6.62. The average molecular weight is 319 g/mol. The van der Waals surface area contributed by atoms with Gasteiger partial charge in [-0.15, -0.1) is 11.3 Å². The number of aliphatic carboxylic acids is 1. The third-order valence-corrected chi connectivity index (χ3v) is 4.38. The van der Waals surface area contributed by atoms with E-state index in [0.717, 1.165) is 16.5 Å². The lowest BCUT2D eigenvalue weighted by molar-refractivity contribution is -0.187. The van der Waals surface area contributed by atoms with Crippen LogP contribution in [-0.4, -0.2) is 35.2 Å². The highest BCUT2D eigenvalue weighted by atomic mass is 32.1. The van der Waals surface area contributed by atoms with Crippen LogP contribution in [0.15, 0.2) is 17.5 Å². The van der Waals surface area contributed by atoms with Crippen molar-refractivity contribution in [3.8, 4) is 0 Å². The molecule has 1 unspecified atom stereocenters. The van der Waals surface area contributed by atoms with Gasteiger partial charge in [0.25, 0.3) is 0 Å². The van der Waals surface area contributed by atoms with Crippen LogP contribution in [0.25, 0.3) is 6.08 Å². The van der Waals surface area contributed by atoms with Crippen LogP contribution in [0, 0.1) is 5.92 Å². The zero-order chi connectivity index (χ0) is 15.5. The number of hydrogen-bond acceptors (Lipinski definition) is 3. The Labute approximate surface area is 124 Å². The van der Waals surface area contributed by atoms with E-state index in [4.69, 9.17) is 5.11 Å². The number of rotatable bonds is 4. The van der Waals surface area contributed by atoms with Crippen molar-refractivity contribution >= 4 is 23.4 Å². The number of hydrogen-bond donors (Lipinski definition) is 1. The first-order valence-electron chi connectivity index (χ1n) is 6.62.